The third kappa shape index (κ3) is 3.41. The molecule has 0 saturated heterocycles. The zero-order valence-electron chi connectivity index (χ0n) is 11.0. The van der Waals surface area contributed by atoms with E-state index in [4.69, 9.17) is 4.42 Å². The van der Waals surface area contributed by atoms with Crippen LogP contribution in [-0.4, -0.2) is 13.1 Å². The molecule has 3 nitrogen and oxygen atoms in total. The predicted octanol–water partition coefficient (Wildman–Crippen LogP) is 3.81. The molecular formula is C15H16O3S. The first kappa shape index (κ1) is 13.7. The number of carbonyl (C=O) groups excluding carboxylic acids is 1. The van der Waals surface area contributed by atoms with Crippen molar-refractivity contribution >= 4 is 17.7 Å². The highest BCUT2D eigenvalue weighted by molar-refractivity contribution is 7.97. The number of benzene rings is 1. The highest BCUT2D eigenvalue weighted by atomic mass is 32.2. The maximum absolute atomic E-state index is 11.5. The van der Waals surface area contributed by atoms with Crippen molar-refractivity contribution in [2.24, 2.45) is 0 Å². The van der Waals surface area contributed by atoms with Crippen LogP contribution in [0.4, 0.5) is 0 Å². The van der Waals surface area contributed by atoms with Gasteiger partial charge in [-0.3, -0.25) is 0 Å². The van der Waals surface area contributed by atoms with Gasteiger partial charge >= 0.3 is 5.97 Å². The molecule has 1 aromatic carbocycles. The second-order valence-electron chi connectivity index (χ2n) is 4.19. The lowest BCUT2D eigenvalue weighted by Crippen LogP contribution is -2.02. The van der Waals surface area contributed by atoms with Gasteiger partial charge in [0, 0.05) is 17.1 Å². The standard InChI is InChI=1S/C15H16O3S/c1-11-5-3-4-6-12(11)9-19-10-13-7-8-18-14(13)15(16)17-2/h3-8H,9-10H2,1-2H3. The summed E-state index contributed by atoms with van der Waals surface area (Å²) in [5.41, 5.74) is 3.48. The van der Waals surface area contributed by atoms with Gasteiger partial charge in [-0.1, -0.05) is 24.3 Å². The van der Waals surface area contributed by atoms with Crippen LogP contribution in [0.5, 0.6) is 0 Å². The molecule has 1 aromatic heterocycles. The first-order valence-electron chi connectivity index (χ1n) is 5.99. The summed E-state index contributed by atoms with van der Waals surface area (Å²) < 4.78 is 9.83. The number of carbonyl (C=O) groups is 1. The Morgan fingerprint density at radius 3 is 2.68 bits per heavy atom. The number of hydrogen-bond acceptors (Lipinski definition) is 4. The van der Waals surface area contributed by atoms with E-state index < -0.39 is 5.97 Å². The van der Waals surface area contributed by atoms with Crippen LogP contribution in [0.1, 0.15) is 27.2 Å². The fourth-order valence-electron chi connectivity index (χ4n) is 1.76. The number of furan rings is 1. The minimum Gasteiger partial charge on any atom is -0.463 e. The second kappa shape index (κ2) is 6.48. The topological polar surface area (TPSA) is 39.4 Å². The molecule has 0 aliphatic rings. The lowest BCUT2D eigenvalue weighted by atomic mass is 10.1. The normalized spacial score (nSPS) is 10.4. The Labute approximate surface area is 117 Å². The Hall–Kier alpha value is -1.68. The van der Waals surface area contributed by atoms with Crippen molar-refractivity contribution < 1.29 is 13.9 Å². The maximum Gasteiger partial charge on any atom is 0.374 e. The average molecular weight is 276 g/mol. The molecule has 0 amide bonds. The van der Waals surface area contributed by atoms with Crippen LogP contribution in [0.25, 0.3) is 0 Å². The summed E-state index contributed by atoms with van der Waals surface area (Å²) in [7, 11) is 1.36. The molecule has 0 fully saturated rings. The molecule has 19 heavy (non-hydrogen) atoms. The lowest BCUT2D eigenvalue weighted by molar-refractivity contribution is 0.0564. The summed E-state index contributed by atoms with van der Waals surface area (Å²) in [5.74, 6) is 1.53. The Kier molecular flexibility index (Phi) is 4.68. The molecule has 0 bridgehead atoms. The van der Waals surface area contributed by atoms with Crippen LogP contribution >= 0.6 is 11.8 Å². The Bertz CT molecular complexity index is 560. The van der Waals surface area contributed by atoms with Gasteiger partial charge in [-0.25, -0.2) is 4.79 Å². The van der Waals surface area contributed by atoms with Crippen molar-refractivity contribution in [3.8, 4) is 0 Å². The Morgan fingerprint density at radius 1 is 1.21 bits per heavy atom. The van der Waals surface area contributed by atoms with Gasteiger partial charge in [-0.15, -0.1) is 0 Å². The van der Waals surface area contributed by atoms with E-state index in [1.165, 1.54) is 24.5 Å². The quantitative estimate of drug-likeness (QED) is 0.778. The highest BCUT2D eigenvalue weighted by Gasteiger charge is 2.15. The minimum atomic E-state index is -0.420. The molecule has 2 rings (SSSR count). The van der Waals surface area contributed by atoms with Crippen LogP contribution in [0.2, 0.25) is 0 Å². The summed E-state index contributed by atoms with van der Waals surface area (Å²) in [4.78, 5) is 11.5. The smallest absolute Gasteiger partial charge is 0.374 e. The number of aryl methyl sites for hydroxylation is 1. The van der Waals surface area contributed by atoms with Crippen molar-refractivity contribution in [3.63, 3.8) is 0 Å². The molecule has 1 heterocycles. The third-order valence-corrected chi connectivity index (χ3v) is 3.92. The van der Waals surface area contributed by atoms with E-state index in [0.717, 1.165) is 17.1 Å². The van der Waals surface area contributed by atoms with Crippen molar-refractivity contribution in [3.05, 3.63) is 59.0 Å². The van der Waals surface area contributed by atoms with E-state index in [1.54, 1.807) is 11.8 Å². The lowest BCUT2D eigenvalue weighted by Gasteiger charge is -2.05. The average Bonchev–Trinajstić information content (AvgIpc) is 2.88. The van der Waals surface area contributed by atoms with Gasteiger partial charge in [0.15, 0.2) is 0 Å². The number of hydrogen-bond donors (Lipinski definition) is 0. The molecule has 0 atom stereocenters. The van der Waals surface area contributed by atoms with Gasteiger partial charge in [0.1, 0.15) is 0 Å². The zero-order valence-corrected chi connectivity index (χ0v) is 11.8. The summed E-state index contributed by atoms with van der Waals surface area (Å²) >= 11 is 1.75. The fraction of sp³-hybridized carbons (Fsp3) is 0.267. The van der Waals surface area contributed by atoms with E-state index >= 15 is 0 Å². The molecule has 0 aliphatic heterocycles. The molecule has 100 valence electrons. The van der Waals surface area contributed by atoms with Gasteiger partial charge < -0.3 is 9.15 Å². The number of rotatable bonds is 5. The Morgan fingerprint density at radius 2 is 1.95 bits per heavy atom. The van der Waals surface area contributed by atoms with E-state index in [-0.39, 0.29) is 0 Å². The number of methoxy groups -OCH3 is 1. The molecular weight excluding hydrogens is 260 g/mol. The third-order valence-electron chi connectivity index (χ3n) is 2.89. The molecule has 0 spiro atoms. The summed E-state index contributed by atoms with van der Waals surface area (Å²) in [6.07, 6.45) is 1.52. The number of thioether (sulfide) groups is 1. The summed E-state index contributed by atoms with van der Waals surface area (Å²) in [5, 5.41) is 0. The fourth-order valence-corrected chi connectivity index (χ4v) is 2.86. The summed E-state index contributed by atoms with van der Waals surface area (Å²) in [6.45, 7) is 2.10. The number of ether oxygens (including phenoxy) is 1. The number of esters is 1. The van der Waals surface area contributed by atoms with Gasteiger partial charge in [-0.05, 0) is 24.1 Å². The van der Waals surface area contributed by atoms with Gasteiger partial charge in [0.2, 0.25) is 5.76 Å². The van der Waals surface area contributed by atoms with Crippen LogP contribution < -0.4 is 0 Å². The predicted molar refractivity (Wildman–Crippen MR) is 76.2 cm³/mol. The van der Waals surface area contributed by atoms with E-state index in [9.17, 15) is 4.79 Å². The molecule has 0 unspecified atom stereocenters. The van der Waals surface area contributed by atoms with Gasteiger partial charge in [-0.2, -0.15) is 11.8 Å². The van der Waals surface area contributed by atoms with E-state index in [2.05, 4.69) is 23.8 Å². The molecule has 0 N–H and O–H groups in total. The van der Waals surface area contributed by atoms with Crippen molar-refractivity contribution in [2.75, 3.05) is 7.11 Å². The first-order chi connectivity index (χ1) is 9.22. The van der Waals surface area contributed by atoms with E-state index in [0.29, 0.717) is 5.76 Å². The molecule has 0 radical (unpaired) electrons. The molecule has 2 aromatic rings. The van der Waals surface area contributed by atoms with Crippen molar-refractivity contribution in [1.29, 1.82) is 0 Å². The van der Waals surface area contributed by atoms with Crippen LogP contribution in [0.3, 0.4) is 0 Å². The minimum absolute atomic E-state index is 0.305. The molecule has 0 aliphatic carbocycles. The van der Waals surface area contributed by atoms with Gasteiger partial charge in [0.05, 0.1) is 13.4 Å². The van der Waals surface area contributed by atoms with Crippen molar-refractivity contribution in [2.45, 2.75) is 18.4 Å². The Balaban J connectivity index is 1.95. The zero-order chi connectivity index (χ0) is 13.7. The van der Waals surface area contributed by atoms with Crippen LogP contribution in [0.15, 0.2) is 41.0 Å². The van der Waals surface area contributed by atoms with Crippen LogP contribution in [0, 0.1) is 6.92 Å². The summed E-state index contributed by atoms with van der Waals surface area (Å²) in [6, 6.07) is 10.1. The SMILES string of the molecule is COC(=O)c1occc1CSCc1ccccc1C. The first-order valence-corrected chi connectivity index (χ1v) is 7.14. The second-order valence-corrected chi connectivity index (χ2v) is 5.17. The highest BCUT2D eigenvalue weighted by Crippen LogP contribution is 2.23. The van der Waals surface area contributed by atoms with Gasteiger partial charge in [0.25, 0.3) is 0 Å². The molecule has 4 heteroatoms. The monoisotopic (exact) mass is 276 g/mol. The molecule has 0 saturated carbocycles. The van der Waals surface area contributed by atoms with Crippen molar-refractivity contribution in [1.82, 2.24) is 0 Å². The van der Waals surface area contributed by atoms with Crippen LogP contribution in [-0.2, 0) is 16.2 Å². The maximum atomic E-state index is 11.5. The largest absolute Gasteiger partial charge is 0.463 e. The van der Waals surface area contributed by atoms with E-state index in [1.807, 2.05) is 18.2 Å².